The number of likely N-dealkylation sites (N-methyl/N-ethyl adjacent to an activating group) is 1. The Morgan fingerprint density at radius 3 is 3.20 bits per heavy atom. The maximum Gasteiger partial charge on any atom is 0.236 e. The highest BCUT2D eigenvalue weighted by Crippen LogP contribution is 2.29. The van der Waals surface area contributed by atoms with Gasteiger partial charge in [-0.3, -0.25) is 4.79 Å². The summed E-state index contributed by atoms with van der Waals surface area (Å²) in [5.74, 6) is 0.822. The van der Waals surface area contributed by atoms with Crippen LogP contribution in [0.3, 0.4) is 0 Å². The minimum absolute atomic E-state index is 0.245. The van der Waals surface area contributed by atoms with Gasteiger partial charge in [0, 0.05) is 25.1 Å². The van der Waals surface area contributed by atoms with E-state index in [2.05, 4.69) is 10.2 Å². The van der Waals surface area contributed by atoms with E-state index in [4.69, 9.17) is 4.74 Å². The predicted molar refractivity (Wildman–Crippen MR) is 57.6 cm³/mol. The van der Waals surface area contributed by atoms with Crippen molar-refractivity contribution in [3.05, 3.63) is 0 Å². The van der Waals surface area contributed by atoms with Crippen molar-refractivity contribution >= 4 is 5.91 Å². The molecule has 2 fully saturated rings. The van der Waals surface area contributed by atoms with Crippen molar-refractivity contribution in [1.29, 1.82) is 0 Å². The number of piperidine rings is 1. The Morgan fingerprint density at radius 1 is 1.53 bits per heavy atom. The maximum absolute atomic E-state index is 11.9. The lowest BCUT2D eigenvalue weighted by atomic mass is 9.86. The van der Waals surface area contributed by atoms with Gasteiger partial charge in [-0.05, 0) is 26.3 Å². The van der Waals surface area contributed by atoms with Crippen molar-refractivity contribution in [3.63, 3.8) is 0 Å². The molecule has 1 amide bonds. The first-order valence-corrected chi connectivity index (χ1v) is 5.84. The maximum atomic E-state index is 11.9. The fourth-order valence-corrected chi connectivity index (χ4v) is 2.72. The third-order valence-electron chi connectivity index (χ3n) is 3.46. The average Bonchev–Trinajstić information content (AvgIpc) is 2.28. The molecule has 0 aromatic carbocycles. The molecular weight excluding hydrogens is 192 g/mol. The van der Waals surface area contributed by atoms with E-state index in [1.54, 1.807) is 0 Å². The van der Waals surface area contributed by atoms with E-state index in [1.807, 2.05) is 7.05 Å². The number of nitrogens with zero attached hydrogens (tertiary/aromatic N) is 1. The van der Waals surface area contributed by atoms with Crippen LogP contribution in [-0.2, 0) is 9.53 Å². The third-order valence-corrected chi connectivity index (χ3v) is 3.46. The zero-order valence-corrected chi connectivity index (χ0v) is 9.37. The van der Waals surface area contributed by atoms with Crippen LogP contribution in [0.5, 0.6) is 0 Å². The van der Waals surface area contributed by atoms with Crippen LogP contribution in [-0.4, -0.2) is 50.2 Å². The summed E-state index contributed by atoms with van der Waals surface area (Å²) in [6, 6.07) is 0.438. The number of hydrogen-bond acceptors (Lipinski definition) is 3. The van der Waals surface area contributed by atoms with E-state index in [9.17, 15) is 4.79 Å². The first-order chi connectivity index (χ1) is 7.33. The van der Waals surface area contributed by atoms with Crippen molar-refractivity contribution in [3.8, 4) is 0 Å². The molecule has 15 heavy (non-hydrogen) atoms. The third kappa shape index (κ3) is 2.32. The number of likely N-dealkylation sites (tertiary alicyclic amines) is 1. The first kappa shape index (κ1) is 10.9. The van der Waals surface area contributed by atoms with Gasteiger partial charge < -0.3 is 15.0 Å². The summed E-state index contributed by atoms with van der Waals surface area (Å²) in [5, 5.41) is 2.94. The van der Waals surface area contributed by atoms with Gasteiger partial charge in [-0.1, -0.05) is 0 Å². The molecule has 0 aliphatic carbocycles. The number of carbonyl (C=O) groups excluding carboxylic acids is 1. The first-order valence-electron chi connectivity index (χ1n) is 5.84. The van der Waals surface area contributed by atoms with Gasteiger partial charge in [-0.2, -0.15) is 0 Å². The summed E-state index contributed by atoms with van der Waals surface area (Å²) < 4.78 is 5.47. The number of fused-ring (bicyclic) bond motifs is 1. The van der Waals surface area contributed by atoms with Gasteiger partial charge in [-0.25, -0.2) is 0 Å². The standard InChI is InChI=1S/C11H20N2O2/c1-12-7-11(14)13-5-2-3-9-8-15-6-4-10(9)13/h9-10,12H,2-8H2,1H3. The molecule has 1 N–H and O–H groups in total. The van der Waals surface area contributed by atoms with E-state index in [0.29, 0.717) is 18.5 Å². The zero-order valence-electron chi connectivity index (χ0n) is 9.37. The van der Waals surface area contributed by atoms with Gasteiger partial charge in [0.25, 0.3) is 0 Å². The summed E-state index contributed by atoms with van der Waals surface area (Å²) in [5.41, 5.74) is 0. The number of hydrogen-bond donors (Lipinski definition) is 1. The molecule has 0 bridgehead atoms. The number of ether oxygens (including phenoxy) is 1. The van der Waals surface area contributed by atoms with E-state index < -0.39 is 0 Å². The number of rotatable bonds is 2. The Hall–Kier alpha value is -0.610. The topological polar surface area (TPSA) is 41.6 Å². The van der Waals surface area contributed by atoms with Crippen LogP contribution in [0, 0.1) is 5.92 Å². The molecule has 86 valence electrons. The molecule has 4 heteroatoms. The van der Waals surface area contributed by atoms with Gasteiger partial charge >= 0.3 is 0 Å². The van der Waals surface area contributed by atoms with Crippen LogP contribution in [0.4, 0.5) is 0 Å². The molecule has 0 spiro atoms. The monoisotopic (exact) mass is 212 g/mol. The van der Waals surface area contributed by atoms with Crippen LogP contribution in [0.25, 0.3) is 0 Å². The fourth-order valence-electron chi connectivity index (χ4n) is 2.72. The average molecular weight is 212 g/mol. The van der Waals surface area contributed by atoms with Crippen LogP contribution in [0.2, 0.25) is 0 Å². The molecule has 0 aromatic rings. The second kappa shape index (κ2) is 4.94. The molecule has 4 nitrogen and oxygen atoms in total. The Kier molecular flexibility index (Phi) is 3.59. The van der Waals surface area contributed by atoms with Gasteiger partial charge in [0.2, 0.25) is 5.91 Å². The van der Waals surface area contributed by atoms with Crippen LogP contribution < -0.4 is 5.32 Å². The lowest BCUT2D eigenvalue weighted by molar-refractivity contribution is -0.139. The van der Waals surface area contributed by atoms with Crippen LogP contribution in [0.15, 0.2) is 0 Å². The lowest BCUT2D eigenvalue weighted by Gasteiger charge is -2.43. The van der Waals surface area contributed by atoms with Crippen molar-refractivity contribution in [2.24, 2.45) is 5.92 Å². The van der Waals surface area contributed by atoms with Crippen molar-refractivity contribution in [2.75, 3.05) is 33.4 Å². The molecule has 2 aliphatic rings. The molecule has 2 heterocycles. The molecular formula is C11H20N2O2. The predicted octanol–water partition coefficient (Wildman–Crippen LogP) is 0.233. The summed E-state index contributed by atoms with van der Waals surface area (Å²) in [6.45, 7) is 3.05. The second-order valence-electron chi connectivity index (χ2n) is 4.45. The highest BCUT2D eigenvalue weighted by Gasteiger charge is 2.35. The highest BCUT2D eigenvalue weighted by atomic mass is 16.5. The van der Waals surface area contributed by atoms with E-state index >= 15 is 0 Å². The molecule has 2 aliphatic heterocycles. The summed E-state index contributed by atoms with van der Waals surface area (Å²) in [6.07, 6.45) is 3.36. The smallest absolute Gasteiger partial charge is 0.236 e. The Balaban J connectivity index is 2.00. The number of amides is 1. The molecule has 2 atom stereocenters. The van der Waals surface area contributed by atoms with E-state index in [1.165, 1.54) is 6.42 Å². The molecule has 2 unspecified atom stereocenters. The molecule has 0 radical (unpaired) electrons. The van der Waals surface area contributed by atoms with Crippen molar-refractivity contribution < 1.29 is 9.53 Å². The molecule has 0 saturated carbocycles. The van der Waals surface area contributed by atoms with Crippen molar-refractivity contribution in [2.45, 2.75) is 25.3 Å². The molecule has 2 rings (SSSR count). The quantitative estimate of drug-likeness (QED) is 0.712. The van der Waals surface area contributed by atoms with E-state index in [-0.39, 0.29) is 5.91 Å². The Bertz CT molecular complexity index is 231. The highest BCUT2D eigenvalue weighted by molar-refractivity contribution is 5.78. The minimum Gasteiger partial charge on any atom is -0.381 e. The minimum atomic E-state index is 0.245. The number of nitrogens with one attached hydrogen (secondary N) is 1. The fraction of sp³-hybridized carbons (Fsp3) is 0.909. The van der Waals surface area contributed by atoms with Crippen LogP contribution in [0.1, 0.15) is 19.3 Å². The van der Waals surface area contributed by atoms with Gasteiger partial charge in [0.05, 0.1) is 13.2 Å². The van der Waals surface area contributed by atoms with Gasteiger partial charge in [0.1, 0.15) is 0 Å². The van der Waals surface area contributed by atoms with Crippen molar-refractivity contribution in [1.82, 2.24) is 10.2 Å². The summed E-state index contributed by atoms with van der Waals surface area (Å²) >= 11 is 0. The van der Waals surface area contributed by atoms with Gasteiger partial charge in [-0.15, -0.1) is 0 Å². The van der Waals surface area contributed by atoms with Crippen LogP contribution >= 0.6 is 0 Å². The normalized spacial score (nSPS) is 31.1. The molecule has 2 saturated heterocycles. The lowest BCUT2D eigenvalue weighted by Crippen LogP contribution is -2.53. The SMILES string of the molecule is CNCC(=O)N1CCCC2COCCC21. The zero-order chi connectivity index (χ0) is 10.7. The molecule has 0 aromatic heterocycles. The summed E-state index contributed by atoms with van der Waals surface area (Å²) in [7, 11) is 1.82. The van der Waals surface area contributed by atoms with E-state index in [0.717, 1.165) is 32.6 Å². The second-order valence-corrected chi connectivity index (χ2v) is 4.45. The Labute approximate surface area is 91.0 Å². The number of carbonyl (C=O) groups is 1. The largest absolute Gasteiger partial charge is 0.381 e. The van der Waals surface area contributed by atoms with Gasteiger partial charge in [0.15, 0.2) is 0 Å². The Morgan fingerprint density at radius 2 is 2.40 bits per heavy atom. The summed E-state index contributed by atoms with van der Waals surface area (Å²) in [4.78, 5) is 13.9.